The van der Waals surface area contributed by atoms with E-state index in [-0.39, 0.29) is 25.1 Å². The Hall–Kier alpha value is -3.04. The van der Waals surface area contributed by atoms with Crippen LogP contribution in [0.25, 0.3) is 11.0 Å². The fourth-order valence-electron chi connectivity index (χ4n) is 3.97. The lowest BCUT2D eigenvalue weighted by Gasteiger charge is -2.32. The van der Waals surface area contributed by atoms with Crippen molar-refractivity contribution in [1.82, 2.24) is 14.9 Å². The predicted octanol–water partition coefficient (Wildman–Crippen LogP) is 5.62. The van der Waals surface area contributed by atoms with E-state index in [0.717, 1.165) is 16.6 Å². The molecule has 2 aromatic heterocycles. The topological polar surface area (TPSA) is 49.0 Å². The molecule has 3 aromatic rings. The van der Waals surface area contributed by atoms with E-state index in [1.165, 1.54) is 4.90 Å². The van der Waals surface area contributed by atoms with Crippen molar-refractivity contribution in [2.75, 3.05) is 13.1 Å². The molecule has 1 saturated heterocycles. The van der Waals surface area contributed by atoms with Crippen molar-refractivity contribution in [2.45, 2.75) is 31.1 Å². The summed E-state index contributed by atoms with van der Waals surface area (Å²) in [7, 11) is 0. The van der Waals surface area contributed by atoms with Crippen LogP contribution in [0.15, 0.2) is 42.7 Å². The predicted molar refractivity (Wildman–Crippen MR) is 100 cm³/mol. The Morgan fingerprint density at radius 1 is 1.00 bits per heavy atom. The van der Waals surface area contributed by atoms with Gasteiger partial charge in [0, 0.05) is 36.4 Å². The van der Waals surface area contributed by atoms with Gasteiger partial charge in [-0.1, -0.05) is 0 Å². The van der Waals surface area contributed by atoms with E-state index in [2.05, 4.69) is 9.97 Å². The minimum atomic E-state index is -4.99. The van der Waals surface area contributed by atoms with Crippen LogP contribution < -0.4 is 0 Å². The molecule has 1 aliphatic heterocycles. The van der Waals surface area contributed by atoms with Crippen molar-refractivity contribution >= 4 is 16.9 Å². The number of benzene rings is 1. The molecule has 31 heavy (non-hydrogen) atoms. The van der Waals surface area contributed by atoms with E-state index < -0.39 is 35.0 Å². The Balaban J connectivity index is 1.54. The first-order valence-corrected chi connectivity index (χ1v) is 9.55. The van der Waals surface area contributed by atoms with Crippen molar-refractivity contribution in [3.05, 3.63) is 65.0 Å². The summed E-state index contributed by atoms with van der Waals surface area (Å²) < 4.78 is 78.5. The smallest absolute Gasteiger partial charge is 0.346 e. The molecule has 4 nitrogen and oxygen atoms in total. The van der Waals surface area contributed by atoms with Crippen LogP contribution >= 0.6 is 0 Å². The molecule has 3 heterocycles. The normalized spacial score (nSPS) is 16.1. The van der Waals surface area contributed by atoms with Crippen molar-refractivity contribution < 1.29 is 31.1 Å². The summed E-state index contributed by atoms with van der Waals surface area (Å²) in [5.74, 6) is -0.732. The molecule has 0 unspecified atom stereocenters. The van der Waals surface area contributed by atoms with Gasteiger partial charge in [-0.3, -0.25) is 4.79 Å². The second-order valence-corrected chi connectivity index (χ2v) is 7.50. The van der Waals surface area contributed by atoms with E-state index in [0.29, 0.717) is 25.0 Å². The molecule has 0 bridgehead atoms. The number of nitrogens with one attached hydrogen (secondary N) is 1. The van der Waals surface area contributed by atoms with Crippen molar-refractivity contribution in [3.8, 4) is 0 Å². The maximum absolute atomic E-state index is 13.1. The molecule has 0 spiro atoms. The summed E-state index contributed by atoms with van der Waals surface area (Å²) in [5, 5.41) is 0.958. The van der Waals surface area contributed by atoms with Gasteiger partial charge in [0.15, 0.2) is 0 Å². The van der Waals surface area contributed by atoms with E-state index in [1.54, 1.807) is 6.20 Å². The SMILES string of the molecule is O=C(c1cc(C(F)(F)F)cc(C(F)(F)F)c1)N1CCC(c2c[nH]c3ncccc23)CC1. The van der Waals surface area contributed by atoms with Crippen LogP contribution in [0.2, 0.25) is 0 Å². The number of carbonyl (C=O) groups is 1. The van der Waals surface area contributed by atoms with Gasteiger partial charge in [-0.15, -0.1) is 0 Å². The number of carbonyl (C=O) groups excluding carboxylic acids is 1. The largest absolute Gasteiger partial charge is 0.416 e. The minimum absolute atomic E-state index is 0.0219. The zero-order chi connectivity index (χ0) is 22.4. The third kappa shape index (κ3) is 4.24. The van der Waals surface area contributed by atoms with Crippen LogP contribution in [0.1, 0.15) is 45.8 Å². The van der Waals surface area contributed by atoms with Gasteiger partial charge in [-0.2, -0.15) is 26.3 Å². The summed E-state index contributed by atoms with van der Waals surface area (Å²) in [6.07, 6.45) is -5.40. The lowest BCUT2D eigenvalue weighted by Crippen LogP contribution is -2.38. The highest BCUT2D eigenvalue weighted by Gasteiger charge is 2.38. The molecular weight excluding hydrogens is 424 g/mol. The molecule has 0 saturated carbocycles. The molecule has 1 aromatic carbocycles. The molecule has 1 aliphatic rings. The molecule has 164 valence electrons. The minimum Gasteiger partial charge on any atom is -0.346 e. The van der Waals surface area contributed by atoms with Gasteiger partial charge in [-0.05, 0) is 54.7 Å². The first kappa shape index (κ1) is 21.2. The highest BCUT2D eigenvalue weighted by molar-refractivity contribution is 5.95. The van der Waals surface area contributed by atoms with E-state index in [9.17, 15) is 31.1 Å². The van der Waals surface area contributed by atoms with E-state index >= 15 is 0 Å². The second-order valence-electron chi connectivity index (χ2n) is 7.50. The number of nitrogens with zero attached hydrogens (tertiary/aromatic N) is 2. The van der Waals surface area contributed by atoms with Crippen LogP contribution in [0, 0.1) is 0 Å². The highest BCUT2D eigenvalue weighted by atomic mass is 19.4. The molecule has 10 heteroatoms. The van der Waals surface area contributed by atoms with Crippen LogP contribution in [0.5, 0.6) is 0 Å². The molecule has 1 amide bonds. The number of halogens is 6. The first-order valence-electron chi connectivity index (χ1n) is 9.55. The maximum atomic E-state index is 13.1. The average Bonchev–Trinajstić information content (AvgIpc) is 3.16. The van der Waals surface area contributed by atoms with Gasteiger partial charge >= 0.3 is 12.4 Å². The van der Waals surface area contributed by atoms with Crippen molar-refractivity contribution in [3.63, 3.8) is 0 Å². The third-order valence-corrected chi connectivity index (χ3v) is 5.54. The Morgan fingerprint density at radius 3 is 2.19 bits per heavy atom. The number of fused-ring (bicyclic) bond motifs is 1. The number of alkyl halides is 6. The number of H-pyrrole nitrogens is 1. The molecule has 1 N–H and O–H groups in total. The molecule has 0 radical (unpaired) electrons. The molecule has 0 aliphatic carbocycles. The zero-order valence-electron chi connectivity index (χ0n) is 16.0. The van der Waals surface area contributed by atoms with Crippen molar-refractivity contribution in [1.29, 1.82) is 0 Å². The second kappa shape index (κ2) is 7.58. The number of pyridine rings is 1. The van der Waals surface area contributed by atoms with Crippen LogP contribution in [0.4, 0.5) is 26.3 Å². The fraction of sp³-hybridized carbons (Fsp3) is 0.333. The van der Waals surface area contributed by atoms with E-state index in [4.69, 9.17) is 0 Å². The Labute approximate surface area is 172 Å². The summed E-state index contributed by atoms with van der Waals surface area (Å²) in [6, 6.07) is 4.72. The van der Waals surface area contributed by atoms with Gasteiger partial charge in [0.1, 0.15) is 5.65 Å². The molecular formula is C21H17F6N3O. The Morgan fingerprint density at radius 2 is 1.61 bits per heavy atom. The number of aromatic amines is 1. The van der Waals surface area contributed by atoms with Gasteiger partial charge in [0.25, 0.3) is 5.91 Å². The summed E-state index contributed by atoms with van der Waals surface area (Å²) >= 11 is 0. The number of amides is 1. The summed E-state index contributed by atoms with van der Waals surface area (Å²) in [4.78, 5) is 21.4. The molecule has 4 rings (SSSR count). The highest BCUT2D eigenvalue weighted by Crippen LogP contribution is 2.37. The standard InChI is InChI=1S/C21H17F6N3O/c22-20(23,24)14-8-13(9-15(10-14)21(25,26)27)19(31)30-6-3-12(4-7-30)17-11-29-18-16(17)2-1-5-28-18/h1-2,5,8-12H,3-4,6-7H2,(H,28,29). The lowest BCUT2D eigenvalue weighted by molar-refractivity contribution is -0.143. The van der Waals surface area contributed by atoms with Crippen LogP contribution in [-0.2, 0) is 12.4 Å². The molecule has 1 fully saturated rings. The quantitative estimate of drug-likeness (QED) is 0.525. The number of piperidine rings is 1. The number of likely N-dealkylation sites (tertiary alicyclic amines) is 1. The van der Waals surface area contributed by atoms with Crippen LogP contribution in [0.3, 0.4) is 0 Å². The molecule has 0 atom stereocenters. The maximum Gasteiger partial charge on any atom is 0.416 e. The first-order chi connectivity index (χ1) is 14.5. The van der Waals surface area contributed by atoms with Gasteiger partial charge in [-0.25, -0.2) is 4.98 Å². The summed E-state index contributed by atoms with van der Waals surface area (Å²) in [5.41, 5.74) is -1.83. The number of rotatable bonds is 2. The zero-order valence-corrected chi connectivity index (χ0v) is 16.0. The monoisotopic (exact) mass is 441 g/mol. The lowest BCUT2D eigenvalue weighted by atomic mass is 9.89. The van der Waals surface area contributed by atoms with E-state index in [1.807, 2.05) is 18.3 Å². The van der Waals surface area contributed by atoms with Gasteiger partial charge in [0.2, 0.25) is 0 Å². The average molecular weight is 441 g/mol. The number of hydrogen-bond donors (Lipinski definition) is 1. The number of hydrogen-bond acceptors (Lipinski definition) is 2. The summed E-state index contributed by atoms with van der Waals surface area (Å²) in [6.45, 7) is 0.460. The van der Waals surface area contributed by atoms with Gasteiger partial charge in [0.05, 0.1) is 11.1 Å². The fourth-order valence-corrected chi connectivity index (χ4v) is 3.97. The Kier molecular flexibility index (Phi) is 5.18. The van der Waals surface area contributed by atoms with Gasteiger partial charge < -0.3 is 9.88 Å². The van der Waals surface area contributed by atoms with Crippen LogP contribution in [-0.4, -0.2) is 33.9 Å². The third-order valence-electron chi connectivity index (χ3n) is 5.54. The number of aromatic nitrogens is 2. The Bertz CT molecular complexity index is 1080. The van der Waals surface area contributed by atoms with Crippen molar-refractivity contribution in [2.24, 2.45) is 0 Å².